The molecule has 0 fully saturated rings. The van der Waals surface area contributed by atoms with E-state index in [1.807, 2.05) is 0 Å². The van der Waals surface area contributed by atoms with Gasteiger partial charge in [-0.1, -0.05) is 18.2 Å². The maximum absolute atomic E-state index is 11.2. The van der Waals surface area contributed by atoms with Crippen LogP contribution in [0.25, 0.3) is 11.3 Å². The van der Waals surface area contributed by atoms with Gasteiger partial charge in [-0.05, 0) is 24.6 Å². The average molecular weight is 419 g/mol. The van der Waals surface area contributed by atoms with Gasteiger partial charge in [0, 0.05) is 17.7 Å². The standard InChI is InChI=1S/C21H17N5O5/c1-2-30-16-9-11(6-7-15(16)27)17-14(10-22)20(23)31-21-18(17)19(24-25-21)12-4-3-5-13(8-12)26(28)29/h3-9,17,27H,2,23H2,1H3,(H,24,25)/t17-/m0/s1. The number of benzene rings is 2. The number of nitro groups is 1. The molecule has 4 N–H and O–H groups in total. The van der Waals surface area contributed by atoms with Gasteiger partial charge in [-0.25, -0.2) is 0 Å². The van der Waals surface area contributed by atoms with E-state index in [1.165, 1.54) is 18.2 Å². The normalized spacial score (nSPS) is 15.0. The molecule has 0 radical (unpaired) electrons. The second-order valence-corrected chi connectivity index (χ2v) is 6.71. The van der Waals surface area contributed by atoms with Crippen molar-refractivity contribution in [3.8, 4) is 34.7 Å². The van der Waals surface area contributed by atoms with Crippen molar-refractivity contribution in [2.75, 3.05) is 6.61 Å². The lowest BCUT2D eigenvalue weighted by molar-refractivity contribution is -0.384. The second-order valence-electron chi connectivity index (χ2n) is 6.71. The molecule has 3 aromatic rings. The molecule has 0 bridgehead atoms. The molecule has 1 aliphatic rings. The highest BCUT2D eigenvalue weighted by Gasteiger charge is 2.36. The van der Waals surface area contributed by atoms with E-state index in [4.69, 9.17) is 15.2 Å². The van der Waals surface area contributed by atoms with Crippen LogP contribution in [0.4, 0.5) is 5.69 Å². The Hall–Kier alpha value is -4.52. The van der Waals surface area contributed by atoms with Gasteiger partial charge in [-0.15, -0.1) is 5.10 Å². The van der Waals surface area contributed by atoms with Crippen LogP contribution in [0, 0.1) is 21.4 Å². The van der Waals surface area contributed by atoms with Crippen LogP contribution in [-0.2, 0) is 0 Å². The fourth-order valence-corrected chi connectivity index (χ4v) is 3.55. The SMILES string of the molecule is CCOc1cc([C@H]2C(C#N)=C(N)Oc3n[nH]c(-c4cccc([N+](=O)[O-])c4)c32)ccc1O. The molecule has 31 heavy (non-hydrogen) atoms. The van der Waals surface area contributed by atoms with Gasteiger partial charge in [0.1, 0.15) is 11.6 Å². The van der Waals surface area contributed by atoms with Crippen molar-refractivity contribution in [2.24, 2.45) is 5.73 Å². The van der Waals surface area contributed by atoms with Crippen LogP contribution in [0.1, 0.15) is 24.0 Å². The molecule has 0 amide bonds. The lowest BCUT2D eigenvalue weighted by Crippen LogP contribution is -2.21. The Morgan fingerprint density at radius 1 is 1.39 bits per heavy atom. The van der Waals surface area contributed by atoms with E-state index in [2.05, 4.69) is 16.3 Å². The molecule has 1 atom stereocenters. The topological polar surface area (TPSA) is 160 Å². The summed E-state index contributed by atoms with van der Waals surface area (Å²) in [5, 5.41) is 38.1. The maximum Gasteiger partial charge on any atom is 0.270 e. The number of phenols is 1. The first-order valence-electron chi connectivity index (χ1n) is 9.31. The van der Waals surface area contributed by atoms with Gasteiger partial charge < -0.3 is 20.3 Å². The Morgan fingerprint density at radius 3 is 2.90 bits per heavy atom. The Kier molecular flexibility index (Phi) is 4.92. The third-order valence-electron chi connectivity index (χ3n) is 4.90. The first-order chi connectivity index (χ1) is 14.9. The molecule has 2 heterocycles. The zero-order valence-corrected chi connectivity index (χ0v) is 16.3. The predicted octanol–water partition coefficient (Wildman–Crippen LogP) is 3.31. The molecular formula is C21H17N5O5. The summed E-state index contributed by atoms with van der Waals surface area (Å²) in [5.74, 6) is -0.414. The van der Waals surface area contributed by atoms with Crippen molar-refractivity contribution in [1.82, 2.24) is 10.2 Å². The number of phenolic OH excluding ortho intramolecular Hbond substituents is 1. The molecule has 0 unspecified atom stereocenters. The van der Waals surface area contributed by atoms with Gasteiger partial charge >= 0.3 is 0 Å². The van der Waals surface area contributed by atoms with Crippen molar-refractivity contribution in [3.63, 3.8) is 0 Å². The summed E-state index contributed by atoms with van der Waals surface area (Å²) >= 11 is 0. The molecule has 1 aliphatic heterocycles. The minimum absolute atomic E-state index is 0.0422. The summed E-state index contributed by atoms with van der Waals surface area (Å²) < 4.78 is 11.0. The third-order valence-corrected chi connectivity index (χ3v) is 4.90. The van der Waals surface area contributed by atoms with Crippen LogP contribution in [0.5, 0.6) is 17.4 Å². The van der Waals surface area contributed by atoms with E-state index in [-0.39, 0.29) is 34.5 Å². The fourth-order valence-electron chi connectivity index (χ4n) is 3.55. The van der Waals surface area contributed by atoms with Crippen LogP contribution >= 0.6 is 0 Å². The van der Waals surface area contributed by atoms with Crippen molar-refractivity contribution in [3.05, 3.63) is 75.2 Å². The molecule has 0 aliphatic carbocycles. The van der Waals surface area contributed by atoms with E-state index in [9.17, 15) is 20.5 Å². The van der Waals surface area contributed by atoms with Crippen LogP contribution in [0.15, 0.2) is 53.9 Å². The number of hydrogen-bond donors (Lipinski definition) is 3. The average Bonchev–Trinajstić information content (AvgIpc) is 3.18. The number of allylic oxidation sites excluding steroid dienone is 1. The maximum atomic E-state index is 11.2. The molecule has 10 heteroatoms. The van der Waals surface area contributed by atoms with E-state index >= 15 is 0 Å². The smallest absolute Gasteiger partial charge is 0.270 e. The quantitative estimate of drug-likeness (QED) is 0.419. The van der Waals surface area contributed by atoms with E-state index in [1.54, 1.807) is 31.2 Å². The van der Waals surface area contributed by atoms with Gasteiger partial charge in [0.15, 0.2) is 11.5 Å². The van der Waals surface area contributed by atoms with Gasteiger partial charge in [0.05, 0.1) is 28.7 Å². The van der Waals surface area contributed by atoms with Crippen LogP contribution < -0.4 is 15.2 Å². The van der Waals surface area contributed by atoms with Gasteiger partial charge in [0.2, 0.25) is 11.8 Å². The minimum atomic E-state index is -0.693. The molecule has 10 nitrogen and oxygen atoms in total. The van der Waals surface area contributed by atoms with Crippen molar-refractivity contribution in [1.29, 1.82) is 5.26 Å². The number of hydrogen-bond acceptors (Lipinski definition) is 8. The first kappa shape index (κ1) is 19.8. The van der Waals surface area contributed by atoms with Crippen molar-refractivity contribution in [2.45, 2.75) is 12.8 Å². The molecule has 2 aromatic carbocycles. The zero-order valence-electron chi connectivity index (χ0n) is 16.3. The number of non-ortho nitro benzene ring substituents is 1. The summed E-state index contributed by atoms with van der Waals surface area (Å²) in [7, 11) is 0. The minimum Gasteiger partial charge on any atom is -0.504 e. The van der Waals surface area contributed by atoms with E-state index in [0.717, 1.165) is 0 Å². The van der Waals surface area contributed by atoms with Crippen LogP contribution in [-0.4, -0.2) is 26.8 Å². The lowest BCUT2D eigenvalue weighted by Gasteiger charge is -2.24. The fraction of sp³-hybridized carbons (Fsp3) is 0.143. The number of nitrogens with two attached hydrogens (primary N) is 1. The second kappa shape index (κ2) is 7.72. The number of aromatic hydroxyl groups is 1. The molecule has 156 valence electrons. The van der Waals surface area contributed by atoms with E-state index in [0.29, 0.717) is 29.0 Å². The van der Waals surface area contributed by atoms with Crippen LogP contribution in [0.2, 0.25) is 0 Å². The number of ether oxygens (including phenoxy) is 2. The number of nitrogens with zero attached hydrogens (tertiary/aromatic N) is 3. The summed E-state index contributed by atoms with van der Waals surface area (Å²) in [6.45, 7) is 2.12. The summed E-state index contributed by atoms with van der Waals surface area (Å²) in [4.78, 5) is 10.7. The third kappa shape index (κ3) is 3.38. The van der Waals surface area contributed by atoms with E-state index < -0.39 is 10.8 Å². The zero-order chi connectivity index (χ0) is 22.1. The Bertz CT molecular complexity index is 1260. The number of aromatic nitrogens is 2. The number of fused-ring (bicyclic) bond motifs is 1. The highest BCUT2D eigenvalue weighted by Crippen LogP contribution is 2.47. The summed E-state index contributed by atoms with van der Waals surface area (Å²) in [6.07, 6.45) is 0. The highest BCUT2D eigenvalue weighted by atomic mass is 16.6. The number of aromatic amines is 1. The number of rotatable bonds is 5. The van der Waals surface area contributed by atoms with Gasteiger partial charge in [-0.3, -0.25) is 15.2 Å². The molecule has 0 saturated heterocycles. The van der Waals surface area contributed by atoms with Crippen molar-refractivity contribution < 1.29 is 19.5 Å². The molecule has 0 saturated carbocycles. The predicted molar refractivity (Wildman–Crippen MR) is 109 cm³/mol. The lowest BCUT2D eigenvalue weighted by atomic mass is 9.83. The molecule has 0 spiro atoms. The van der Waals surface area contributed by atoms with Crippen molar-refractivity contribution >= 4 is 5.69 Å². The highest BCUT2D eigenvalue weighted by molar-refractivity contribution is 5.72. The van der Waals surface area contributed by atoms with Gasteiger partial charge in [0.25, 0.3) is 5.69 Å². The summed E-state index contributed by atoms with van der Waals surface area (Å²) in [5.41, 5.74) is 8.10. The monoisotopic (exact) mass is 419 g/mol. The largest absolute Gasteiger partial charge is 0.504 e. The molecule has 1 aromatic heterocycles. The van der Waals surface area contributed by atoms with Gasteiger partial charge in [-0.2, -0.15) is 5.26 Å². The first-order valence-corrected chi connectivity index (χ1v) is 9.31. The number of H-pyrrole nitrogens is 1. The Labute approximate surface area is 176 Å². The molecular weight excluding hydrogens is 402 g/mol. The summed E-state index contributed by atoms with van der Waals surface area (Å²) in [6, 6.07) is 12.8. The number of nitrogens with one attached hydrogen (secondary N) is 1. The Morgan fingerprint density at radius 2 is 2.19 bits per heavy atom. The van der Waals surface area contributed by atoms with Crippen LogP contribution in [0.3, 0.4) is 0 Å². The number of nitro benzene ring substituents is 1. The Balaban J connectivity index is 1.93. The number of nitriles is 1. The molecule has 4 rings (SSSR count).